The number of carbonyl (C=O) groups excluding carboxylic acids is 1. The Hall–Kier alpha value is -1.62. The molecule has 0 aromatic carbocycles. The van der Waals surface area contributed by atoms with E-state index in [0.717, 1.165) is 50.4 Å². The molecule has 2 aliphatic rings. The number of anilines is 2. The quantitative estimate of drug-likeness (QED) is 0.895. The van der Waals surface area contributed by atoms with Gasteiger partial charge < -0.3 is 15.5 Å². The molecular formula is C16H24N4O. The van der Waals surface area contributed by atoms with Crippen LogP contribution >= 0.6 is 0 Å². The van der Waals surface area contributed by atoms with Crippen molar-refractivity contribution in [2.75, 3.05) is 29.9 Å². The molecule has 3 rings (SSSR count). The number of piperidine rings is 2. The molecule has 114 valence electrons. The van der Waals surface area contributed by atoms with Gasteiger partial charge in [0.05, 0.1) is 17.9 Å². The standard InChI is InChI=1S/C16H24N4O/c21-16(14-6-2-3-9-17-14)19-13-7-8-15(18-12-13)20-10-4-1-5-11-20/h7-8,12,14,17H,1-6,9-11H2,(H,19,21)/t14-/m1/s1. The van der Waals surface area contributed by atoms with E-state index in [1.54, 1.807) is 6.20 Å². The minimum Gasteiger partial charge on any atom is -0.357 e. The van der Waals surface area contributed by atoms with Crippen LogP contribution in [0.1, 0.15) is 38.5 Å². The number of carbonyl (C=O) groups is 1. The molecule has 0 aliphatic carbocycles. The fourth-order valence-electron chi connectivity index (χ4n) is 3.08. The van der Waals surface area contributed by atoms with Crippen molar-refractivity contribution in [3.8, 4) is 0 Å². The molecule has 1 atom stereocenters. The maximum absolute atomic E-state index is 12.1. The molecule has 3 heterocycles. The Bertz CT molecular complexity index is 462. The number of hydrogen-bond donors (Lipinski definition) is 2. The first kappa shape index (κ1) is 14.3. The Labute approximate surface area is 126 Å². The van der Waals surface area contributed by atoms with Crippen molar-refractivity contribution in [2.45, 2.75) is 44.6 Å². The Balaban J connectivity index is 1.57. The highest BCUT2D eigenvalue weighted by Gasteiger charge is 2.20. The number of hydrogen-bond acceptors (Lipinski definition) is 4. The van der Waals surface area contributed by atoms with Gasteiger partial charge in [-0.05, 0) is 50.8 Å². The topological polar surface area (TPSA) is 57.3 Å². The molecule has 2 N–H and O–H groups in total. The monoisotopic (exact) mass is 288 g/mol. The maximum Gasteiger partial charge on any atom is 0.241 e. The van der Waals surface area contributed by atoms with Crippen molar-refractivity contribution in [3.63, 3.8) is 0 Å². The Kier molecular flexibility index (Phi) is 4.70. The third kappa shape index (κ3) is 3.73. The first-order valence-electron chi connectivity index (χ1n) is 8.08. The summed E-state index contributed by atoms with van der Waals surface area (Å²) < 4.78 is 0. The number of amides is 1. The van der Waals surface area contributed by atoms with Gasteiger partial charge in [-0.3, -0.25) is 4.79 Å². The molecule has 0 spiro atoms. The minimum atomic E-state index is -0.0551. The Morgan fingerprint density at radius 3 is 2.71 bits per heavy atom. The van der Waals surface area contributed by atoms with Gasteiger partial charge in [-0.2, -0.15) is 0 Å². The Morgan fingerprint density at radius 2 is 2.05 bits per heavy atom. The highest BCUT2D eigenvalue weighted by atomic mass is 16.2. The summed E-state index contributed by atoms with van der Waals surface area (Å²) in [4.78, 5) is 19.0. The van der Waals surface area contributed by atoms with Gasteiger partial charge in [0.2, 0.25) is 5.91 Å². The van der Waals surface area contributed by atoms with Gasteiger partial charge in [-0.1, -0.05) is 6.42 Å². The first-order valence-corrected chi connectivity index (χ1v) is 8.08. The van der Waals surface area contributed by atoms with E-state index >= 15 is 0 Å². The molecule has 2 saturated heterocycles. The zero-order valence-electron chi connectivity index (χ0n) is 12.5. The lowest BCUT2D eigenvalue weighted by Crippen LogP contribution is -2.43. The van der Waals surface area contributed by atoms with Crippen LogP contribution in [-0.2, 0) is 4.79 Å². The number of aromatic nitrogens is 1. The Morgan fingerprint density at radius 1 is 1.19 bits per heavy atom. The summed E-state index contributed by atoms with van der Waals surface area (Å²) in [5, 5.41) is 6.22. The zero-order chi connectivity index (χ0) is 14.5. The molecule has 1 aromatic heterocycles. The van der Waals surface area contributed by atoms with Crippen molar-refractivity contribution in [3.05, 3.63) is 18.3 Å². The van der Waals surface area contributed by atoms with Gasteiger partial charge in [0.25, 0.3) is 0 Å². The summed E-state index contributed by atoms with van der Waals surface area (Å²) in [5.74, 6) is 1.07. The van der Waals surface area contributed by atoms with Crippen molar-refractivity contribution >= 4 is 17.4 Å². The van der Waals surface area contributed by atoms with Gasteiger partial charge in [-0.25, -0.2) is 4.98 Å². The predicted octanol–water partition coefficient (Wildman–Crippen LogP) is 2.15. The molecule has 2 aliphatic heterocycles. The largest absolute Gasteiger partial charge is 0.357 e. The highest BCUT2D eigenvalue weighted by molar-refractivity contribution is 5.94. The van der Waals surface area contributed by atoms with Crippen LogP contribution in [0.4, 0.5) is 11.5 Å². The van der Waals surface area contributed by atoms with Crippen LogP contribution in [0.25, 0.3) is 0 Å². The fraction of sp³-hybridized carbons (Fsp3) is 0.625. The number of nitrogens with one attached hydrogen (secondary N) is 2. The number of pyridine rings is 1. The van der Waals surface area contributed by atoms with E-state index in [9.17, 15) is 4.79 Å². The first-order chi connectivity index (χ1) is 10.3. The summed E-state index contributed by atoms with van der Waals surface area (Å²) in [6.07, 6.45) is 8.78. The molecule has 21 heavy (non-hydrogen) atoms. The summed E-state index contributed by atoms with van der Waals surface area (Å²) >= 11 is 0. The van der Waals surface area contributed by atoms with Crippen LogP contribution in [-0.4, -0.2) is 36.6 Å². The van der Waals surface area contributed by atoms with Gasteiger partial charge >= 0.3 is 0 Å². The molecule has 1 amide bonds. The second-order valence-corrected chi connectivity index (χ2v) is 5.94. The average Bonchev–Trinajstić information content (AvgIpc) is 2.57. The molecule has 1 aromatic rings. The summed E-state index contributed by atoms with van der Waals surface area (Å²) in [5.41, 5.74) is 0.785. The third-order valence-corrected chi connectivity index (χ3v) is 4.32. The molecule has 0 saturated carbocycles. The minimum absolute atomic E-state index is 0.0551. The van der Waals surface area contributed by atoms with E-state index in [-0.39, 0.29) is 11.9 Å². The smallest absolute Gasteiger partial charge is 0.241 e. The molecule has 0 unspecified atom stereocenters. The van der Waals surface area contributed by atoms with Gasteiger partial charge in [0, 0.05) is 13.1 Å². The van der Waals surface area contributed by atoms with Gasteiger partial charge in [0.1, 0.15) is 5.82 Å². The van der Waals surface area contributed by atoms with Crippen LogP contribution in [0, 0.1) is 0 Å². The predicted molar refractivity (Wildman–Crippen MR) is 84.6 cm³/mol. The lowest BCUT2D eigenvalue weighted by molar-refractivity contribution is -0.118. The highest BCUT2D eigenvalue weighted by Crippen LogP contribution is 2.19. The van der Waals surface area contributed by atoms with Crippen molar-refractivity contribution < 1.29 is 4.79 Å². The maximum atomic E-state index is 12.1. The van der Waals surface area contributed by atoms with Gasteiger partial charge in [0.15, 0.2) is 0 Å². The molecule has 0 bridgehead atoms. The lowest BCUT2D eigenvalue weighted by atomic mass is 10.0. The zero-order valence-corrected chi connectivity index (χ0v) is 12.5. The van der Waals surface area contributed by atoms with Crippen molar-refractivity contribution in [2.24, 2.45) is 0 Å². The normalized spacial score (nSPS) is 22.9. The van der Waals surface area contributed by atoms with Gasteiger partial charge in [-0.15, -0.1) is 0 Å². The SMILES string of the molecule is O=C(Nc1ccc(N2CCCCC2)nc1)[C@H]1CCCCN1. The fourth-order valence-corrected chi connectivity index (χ4v) is 3.08. The molecule has 0 radical (unpaired) electrons. The second-order valence-electron chi connectivity index (χ2n) is 5.94. The van der Waals surface area contributed by atoms with E-state index in [4.69, 9.17) is 0 Å². The molecule has 2 fully saturated rings. The average molecular weight is 288 g/mol. The summed E-state index contributed by atoms with van der Waals surface area (Å²) in [6, 6.07) is 3.91. The lowest BCUT2D eigenvalue weighted by Gasteiger charge is -2.27. The third-order valence-electron chi connectivity index (χ3n) is 4.32. The van der Waals surface area contributed by atoms with Crippen LogP contribution in [0.5, 0.6) is 0 Å². The summed E-state index contributed by atoms with van der Waals surface area (Å²) in [6.45, 7) is 3.11. The van der Waals surface area contributed by atoms with Crippen LogP contribution < -0.4 is 15.5 Å². The van der Waals surface area contributed by atoms with E-state index in [1.807, 2.05) is 12.1 Å². The number of rotatable bonds is 3. The van der Waals surface area contributed by atoms with E-state index in [2.05, 4.69) is 20.5 Å². The summed E-state index contributed by atoms with van der Waals surface area (Å²) in [7, 11) is 0. The molecular weight excluding hydrogens is 264 g/mol. The van der Waals surface area contributed by atoms with E-state index in [1.165, 1.54) is 19.3 Å². The van der Waals surface area contributed by atoms with Crippen LogP contribution in [0.3, 0.4) is 0 Å². The van der Waals surface area contributed by atoms with Crippen LogP contribution in [0.2, 0.25) is 0 Å². The van der Waals surface area contributed by atoms with Crippen LogP contribution in [0.15, 0.2) is 18.3 Å². The van der Waals surface area contributed by atoms with E-state index < -0.39 is 0 Å². The van der Waals surface area contributed by atoms with Crippen molar-refractivity contribution in [1.82, 2.24) is 10.3 Å². The molecule has 5 heteroatoms. The second kappa shape index (κ2) is 6.89. The molecule has 5 nitrogen and oxygen atoms in total. The number of nitrogens with zero attached hydrogens (tertiary/aromatic N) is 2. The van der Waals surface area contributed by atoms with E-state index in [0.29, 0.717) is 0 Å². The van der Waals surface area contributed by atoms with Crippen molar-refractivity contribution in [1.29, 1.82) is 0 Å².